The fraction of sp³-hybridized carbons (Fsp3) is 0.364. The van der Waals surface area contributed by atoms with Gasteiger partial charge in [-0.2, -0.15) is 0 Å². The molecule has 0 saturated carbocycles. The Hall–Kier alpha value is -2.11. The Morgan fingerprint density at radius 2 is 2.35 bits per heavy atom. The number of rotatable bonds is 4. The van der Waals surface area contributed by atoms with Gasteiger partial charge in [0.2, 0.25) is 17.7 Å². The molecule has 6 heteroatoms. The van der Waals surface area contributed by atoms with Crippen LogP contribution in [0, 0.1) is 0 Å². The average Bonchev–Trinajstić information content (AvgIpc) is 2.61. The van der Waals surface area contributed by atoms with Gasteiger partial charge in [0.1, 0.15) is 6.04 Å². The zero-order chi connectivity index (χ0) is 12.3. The highest BCUT2D eigenvalue weighted by molar-refractivity contribution is 6.06. The first kappa shape index (κ1) is 11.4. The molecular weight excluding hydrogens is 222 g/mol. The van der Waals surface area contributed by atoms with Gasteiger partial charge in [0.25, 0.3) is 0 Å². The van der Waals surface area contributed by atoms with Crippen molar-refractivity contribution in [3.63, 3.8) is 0 Å². The minimum Gasteiger partial charge on any atom is -0.478 e. The Morgan fingerprint density at radius 3 is 2.88 bits per heavy atom. The monoisotopic (exact) mass is 235 g/mol. The summed E-state index contributed by atoms with van der Waals surface area (Å²) in [5, 5.41) is 5.17. The molecule has 1 saturated heterocycles. The van der Waals surface area contributed by atoms with Gasteiger partial charge in [-0.3, -0.25) is 14.9 Å². The Morgan fingerprint density at radius 1 is 1.53 bits per heavy atom. The maximum atomic E-state index is 11.3. The predicted molar refractivity (Wildman–Crippen MR) is 60.6 cm³/mol. The van der Waals surface area contributed by atoms with Crippen molar-refractivity contribution in [2.24, 2.45) is 0 Å². The fourth-order valence-electron chi connectivity index (χ4n) is 1.57. The number of pyridine rings is 1. The quantitative estimate of drug-likeness (QED) is 0.734. The van der Waals surface area contributed by atoms with Gasteiger partial charge in [-0.25, -0.2) is 4.98 Å². The summed E-state index contributed by atoms with van der Waals surface area (Å²) in [5.74, 6) is -0.0275. The number of amides is 2. The number of imide groups is 1. The highest BCUT2D eigenvalue weighted by Crippen LogP contribution is 2.15. The van der Waals surface area contributed by atoms with E-state index in [4.69, 9.17) is 4.74 Å². The molecule has 2 N–H and O–H groups in total. The maximum absolute atomic E-state index is 11.3. The fourth-order valence-corrected chi connectivity index (χ4v) is 1.57. The molecule has 1 fully saturated rings. The van der Waals surface area contributed by atoms with Crippen LogP contribution in [0.2, 0.25) is 0 Å². The number of hydrogen-bond donors (Lipinski definition) is 2. The molecule has 0 aromatic carbocycles. The molecule has 1 aromatic rings. The number of aromatic nitrogens is 1. The molecule has 90 valence electrons. The lowest BCUT2D eigenvalue weighted by molar-refractivity contribution is -0.124. The molecule has 2 amide bonds. The molecule has 1 atom stereocenters. The van der Waals surface area contributed by atoms with Crippen molar-refractivity contribution in [3.05, 3.63) is 18.3 Å². The van der Waals surface area contributed by atoms with Crippen molar-refractivity contribution in [3.8, 4) is 5.88 Å². The molecule has 0 aliphatic carbocycles. The normalized spacial score (nSPS) is 19.0. The van der Waals surface area contributed by atoms with E-state index in [0.717, 1.165) is 0 Å². The van der Waals surface area contributed by atoms with Crippen molar-refractivity contribution in [2.75, 3.05) is 11.9 Å². The van der Waals surface area contributed by atoms with E-state index >= 15 is 0 Å². The minimum absolute atomic E-state index is 0.159. The second-order valence-corrected chi connectivity index (χ2v) is 3.63. The molecule has 1 aliphatic heterocycles. The minimum atomic E-state index is -0.512. The third-order valence-electron chi connectivity index (χ3n) is 2.34. The molecule has 6 nitrogen and oxygen atoms in total. The van der Waals surface area contributed by atoms with Crippen molar-refractivity contribution in [1.82, 2.24) is 10.3 Å². The van der Waals surface area contributed by atoms with Crippen molar-refractivity contribution in [2.45, 2.75) is 19.4 Å². The number of carbonyl (C=O) groups is 2. The predicted octanol–water partition coefficient (Wildman–Crippen LogP) is 0.307. The van der Waals surface area contributed by atoms with Crippen LogP contribution in [-0.4, -0.2) is 29.4 Å². The second kappa shape index (κ2) is 4.82. The topological polar surface area (TPSA) is 80.3 Å². The molecule has 1 unspecified atom stereocenters. The first-order chi connectivity index (χ1) is 8.19. The van der Waals surface area contributed by atoms with Crippen LogP contribution in [0.1, 0.15) is 13.3 Å². The van der Waals surface area contributed by atoms with Crippen LogP contribution in [0.4, 0.5) is 5.69 Å². The summed E-state index contributed by atoms with van der Waals surface area (Å²) in [4.78, 5) is 26.4. The van der Waals surface area contributed by atoms with E-state index in [9.17, 15) is 9.59 Å². The number of nitrogens with zero attached hydrogens (tertiary/aromatic N) is 1. The number of carbonyl (C=O) groups excluding carboxylic acids is 2. The SMILES string of the molecule is CCOc1ccc(NC2CC(=O)NC2=O)cn1. The number of nitrogens with one attached hydrogen (secondary N) is 2. The standard InChI is InChI=1S/C11H13N3O3/c1-2-17-10-4-3-7(6-12-10)13-8-5-9(15)14-11(8)16/h3-4,6,8,13H,2,5H2,1H3,(H,14,15,16). The summed E-state index contributed by atoms with van der Waals surface area (Å²) >= 11 is 0. The number of hydrogen-bond acceptors (Lipinski definition) is 5. The Balaban J connectivity index is 1.99. The van der Waals surface area contributed by atoms with E-state index in [0.29, 0.717) is 18.2 Å². The summed E-state index contributed by atoms with van der Waals surface area (Å²) in [7, 11) is 0. The first-order valence-electron chi connectivity index (χ1n) is 5.38. The van der Waals surface area contributed by atoms with E-state index in [1.807, 2.05) is 6.92 Å². The summed E-state index contributed by atoms with van der Waals surface area (Å²) in [6, 6.07) is 2.96. The van der Waals surface area contributed by atoms with E-state index in [1.165, 1.54) is 0 Å². The molecule has 0 radical (unpaired) electrons. The van der Waals surface area contributed by atoms with E-state index in [-0.39, 0.29) is 18.2 Å². The van der Waals surface area contributed by atoms with Crippen LogP contribution in [0.3, 0.4) is 0 Å². The Kier molecular flexibility index (Phi) is 3.22. The van der Waals surface area contributed by atoms with Crippen LogP contribution >= 0.6 is 0 Å². The Labute approximate surface area is 98.4 Å². The van der Waals surface area contributed by atoms with Crippen LogP contribution in [-0.2, 0) is 9.59 Å². The van der Waals surface area contributed by atoms with Gasteiger partial charge in [0, 0.05) is 6.07 Å². The van der Waals surface area contributed by atoms with Gasteiger partial charge in [0.05, 0.1) is 24.9 Å². The average molecular weight is 235 g/mol. The molecular formula is C11H13N3O3. The van der Waals surface area contributed by atoms with Gasteiger partial charge in [-0.15, -0.1) is 0 Å². The second-order valence-electron chi connectivity index (χ2n) is 3.63. The summed E-state index contributed by atoms with van der Waals surface area (Å²) in [6.45, 7) is 2.43. The third-order valence-corrected chi connectivity index (χ3v) is 2.34. The molecule has 0 spiro atoms. The highest BCUT2D eigenvalue weighted by Gasteiger charge is 2.30. The van der Waals surface area contributed by atoms with Gasteiger partial charge >= 0.3 is 0 Å². The van der Waals surface area contributed by atoms with Crippen LogP contribution in [0.25, 0.3) is 0 Å². The van der Waals surface area contributed by atoms with Gasteiger partial charge in [-0.05, 0) is 13.0 Å². The van der Waals surface area contributed by atoms with Crippen LogP contribution in [0.15, 0.2) is 18.3 Å². The highest BCUT2D eigenvalue weighted by atomic mass is 16.5. The van der Waals surface area contributed by atoms with Gasteiger partial charge < -0.3 is 10.1 Å². The van der Waals surface area contributed by atoms with E-state index in [2.05, 4.69) is 15.6 Å². The van der Waals surface area contributed by atoms with Crippen molar-refractivity contribution in [1.29, 1.82) is 0 Å². The molecule has 2 heterocycles. The maximum Gasteiger partial charge on any atom is 0.249 e. The first-order valence-corrected chi connectivity index (χ1v) is 5.38. The summed E-state index contributed by atoms with van der Waals surface area (Å²) < 4.78 is 5.20. The largest absolute Gasteiger partial charge is 0.478 e. The zero-order valence-corrected chi connectivity index (χ0v) is 9.40. The number of ether oxygens (including phenoxy) is 1. The third kappa shape index (κ3) is 2.72. The lowest BCUT2D eigenvalue weighted by atomic mass is 10.2. The zero-order valence-electron chi connectivity index (χ0n) is 9.40. The molecule has 1 aromatic heterocycles. The van der Waals surface area contributed by atoms with Gasteiger partial charge in [0.15, 0.2) is 0 Å². The van der Waals surface area contributed by atoms with Crippen LogP contribution < -0.4 is 15.4 Å². The molecule has 0 bridgehead atoms. The van der Waals surface area contributed by atoms with E-state index in [1.54, 1.807) is 18.3 Å². The molecule has 1 aliphatic rings. The van der Waals surface area contributed by atoms with Crippen molar-refractivity contribution < 1.29 is 14.3 Å². The van der Waals surface area contributed by atoms with Crippen LogP contribution in [0.5, 0.6) is 5.88 Å². The number of anilines is 1. The lowest BCUT2D eigenvalue weighted by Crippen LogP contribution is -2.30. The van der Waals surface area contributed by atoms with Crippen molar-refractivity contribution >= 4 is 17.5 Å². The summed E-state index contributed by atoms with van der Waals surface area (Å²) in [5.41, 5.74) is 0.684. The molecule has 2 rings (SSSR count). The Bertz CT molecular complexity index is 430. The summed E-state index contributed by atoms with van der Waals surface area (Å²) in [6.07, 6.45) is 1.73. The lowest BCUT2D eigenvalue weighted by Gasteiger charge is -2.10. The smallest absolute Gasteiger partial charge is 0.249 e. The van der Waals surface area contributed by atoms with Gasteiger partial charge in [-0.1, -0.05) is 0 Å². The molecule has 17 heavy (non-hydrogen) atoms. The van der Waals surface area contributed by atoms with E-state index < -0.39 is 6.04 Å².